The summed E-state index contributed by atoms with van der Waals surface area (Å²) in [6.07, 6.45) is -5.53. The van der Waals surface area contributed by atoms with Crippen molar-refractivity contribution < 1.29 is 44.7 Å². The number of likely N-dealkylation sites (tertiary alicyclic amines) is 1. The number of rotatable bonds is 10. The van der Waals surface area contributed by atoms with Crippen LogP contribution in [0.4, 0.5) is 22.0 Å². The summed E-state index contributed by atoms with van der Waals surface area (Å²) in [5, 5.41) is 0. The zero-order chi connectivity index (χ0) is 30.6. The van der Waals surface area contributed by atoms with Crippen LogP contribution in [-0.4, -0.2) is 68.6 Å². The van der Waals surface area contributed by atoms with E-state index in [1.54, 1.807) is 24.3 Å². The van der Waals surface area contributed by atoms with Crippen LogP contribution in [0.5, 0.6) is 0 Å². The van der Waals surface area contributed by atoms with E-state index < -0.39 is 51.7 Å². The van der Waals surface area contributed by atoms with Crippen LogP contribution < -0.4 is 5.48 Å². The first-order valence-corrected chi connectivity index (χ1v) is 15.5. The van der Waals surface area contributed by atoms with Gasteiger partial charge in [0, 0.05) is 32.5 Å². The van der Waals surface area contributed by atoms with E-state index in [1.807, 2.05) is 6.92 Å². The Morgan fingerprint density at radius 1 is 1.00 bits per heavy atom. The average Bonchev–Trinajstić information content (AvgIpc) is 2.99. The average molecular weight is 619 g/mol. The molecule has 1 atom stereocenters. The molecule has 0 spiro atoms. The first kappa shape index (κ1) is 32.3. The first-order valence-electron chi connectivity index (χ1n) is 14.0. The Morgan fingerprint density at radius 3 is 2.12 bits per heavy atom. The predicted octanol–water partition coefficient (Wildman–Crippen LogP) is 5.69. The maximum atomic E-state index is 14.0. The van der Waals surface area contributed by atoms with Crippen LogP contribution in [0, 0.1) is 0 Å². The molecule has 42 heavy (non-hydrogen) atoms. The number of hydroxylamine groups is 1. The molecule has 0 saturated carbocycles. The summed E-state index contributed by atoms with van der Waals surface area (Å²) in [6.45, 7) is 4.03. The minimum Gasteiger partial charge on any atom is -0.350 e. The number of carbonyl (C=O) groups excluding carboxylic acids is 1. The third-order valence-corrected chi connectivity index (χ3v) is 10.6. The lowest BCUT2D eigenvalue weighted by molar-refractivity contribution is -0.284. The second kappa shape index (κ2) is 12.9. The van der Waals surface area contributed by atoms with E-state index in [0.717, 1.165) is 19.4 Å². The van der Waals surface area contributed by atoms with Crippen molar-refractivity contribution in [2.45, 2.75) is 79.9 Å². The molecule has 4 rings (SSSR count). The second-order valence-corrected chi connectivity index (χ2v) is 13.0. The van der Waals surface area contributed by atoms with Gasteiger partial charge in [0.2, 0.25) is 0 Å². The number of benzene rings is 2. The van der Waals surface area contributed by atoms with Gasteiger partial charge in [0.25, 0.3) is 5.91 Å². The number of hydrogen-bond acceptors (Lipinski definition) is 6. The number of piperidine rings is 1. The van der Waals surface area contributed by atoms with Gasteiger partial charge in [0.05, 0.1) is 4.90 Å². The molecular formula is C29H35F5N2O5S. The number of amides is 1. The van der Waals surface area contributed by atoms with E-state index in [0.29, 0.717) is 42.8 Å². The summed E-state index contributed by atoms with van der Waals surface area (Å²) in [5.41, 5.74) is 3.91. The van der Waals surface area contributed by atoms with Crippen molar-refractivity contribution >= 4 is 15.7 Å². The molecule has 7 nitrogen and oxygen atoms in total. The fraction of sp³-hybridized carbons (Fsp3) is 0.552. The minimum atomic E-state index is -5.60. The van der Waals surface area contributed by atoms with Crippen LogP contribution in [0.15, 0.2) is 53.4 Å². The van der Waals surface area contributed by atoms with Crippen molar-refractivity contribution in [3.63, 3.8) is 0 Å². The Labute approximate surface area is 242 Å². The standard InChI is InChI=1S/C29H35F5N2O5S/c1-2-36-18-16-27(17-19-36,26(37)35-41-25-5-3-4-20-40-25)42(38,39)24-12-10-23(11-13-24)22-8-6-21(7-9-22)14-15-28(30,31)29(32,33)34/h6-13,25H,2-5,14-20H2,1H3,(H,35,37). The summed E-state index contributed by atoms with van der Waals surface area (Å²) in [5.74, 6) is -5.51. The lowest BCUT2D eigenvalue weighted by Crippen LogP contribution is -2.58. The fourth-order valence-corrected chi connectivity index (χ4v) is 7.18. The van der Waals surface area contributed by atoms with Gasteiger partial charge in [-0.05, 0) is 67.5 Å². The highest BCUT2D eigenvalue weighted by Gasteiger charge is 2.56. The summed E-state index contributed by atoms with van der Waals surface area (Å²) in [4.78, 5) is 21.0. The van der Waals surface area contributed by atoms with Gasteiger partial charge in [0.15, 0.2) is 20.9 Å². The maximum Gasteiger partial charge on any atom is 0.453 e. The second-order valence-electron chi connectivity index (χ2n) is 10.7. The van der Waals surface area contributed by atoms with E-state index >= 15 is 0 Å². The monoisotopic (exact) mass is 618 g/mol. The number of halogens is 5. The number of sulfone groups is 1. The number of hydrogen-bond donors (Lipinski definition) is 1. The molecule has 2 heterocycles. The Balaban J connectivity index is 1.50. The van der Waals surface area contributed by atoms with Crippen molar-refractivity contribution in [3.05, 3.63) is 54.1 Å². The molecule has 2 aromatic carbocycles. The van der Waals surface area contributed by atoms with Gasteiger partial charge >= 0.3 is 12.1 Å². The lowest BCUT2D eigenvalue weighted by Gasteiger charge is -2.39. The molecule has 1 N–H and O–H groups in total. The number of carbonyl (C=O) groups is 1. The predicted molar refractivity (Wildman–Crippen MR) is 145 cm³/mol. The zero-order valence-electron chi connectivity index (χ0n) is 23.3. The summed E-state index contributed by atoms with van der Waals surface area (Å²) in [7, 11) is -4.17. The third kappa shape index (κ3) is 6.95. The maximum absolute atomic E-state index is 14.0. The van der Waals surface area contributed by atoms with Crippen LogP contribution in [0.2, 0.25) is 0 Å². The molecule has 0 aromatic heterocycles. The van der Waals surface area contributed by atoms with E-state index in [-0.39, 0.29) is 17.7 Å². The molecule has 232 valence electrons. The highest BCUT2D eigenvalue weighted by Crippen LogP contribution is 2.39. The molecular weight excluding hydrogens is 583 g/mol. The normalized spacial score (nSPS) is 20.3. The molecule has 2 aliphatic rings. The van der Waals surface area contributed by atoms with Crippen molar-refractivity contribution in [3.8, 4) is 11.1 Å². The molecule has 13 heteroatoms. The van der Waals surface area contributed by atoms with Crippen LogP contribution >= 0.6 is 0 Å². The van der Waals surface area contributed by atoms with E-state index in [9.17, 15) is 35.2 Å². The van der Waals surface area contributed by atoms with E-state index in [4.69, 9.17) is 9.57 Å². The number of aryl methyl sites for hydroxylation is 1. The van der Waals surface area contributed by atoms with E-state index in [1.165, 1.54) is 24.3 Å². The van der Waals surface area contributed by atoms with Crippen LogP contribution in [0.1, 0.15) is 51.0 Å². The number of alkyl halides is 5. The van der Waals surface area contributed by atoms with Gasteiger partial charge < -0.3 is 9.64 Å². The van der Waals surface area contributed by atoms with Gasteiger partial charge in [-0.3, -0.25) is 4.79 Å². The topological polar surface area (TPSA) is 84.9 Å². The van der Waals surface area contributed by atoms with Crippen LogP contribution in [0.3, 0.4) is 0 Å². The molecule has 2 saturated heterocycles. The van der Waals surface area contributed by atoms with Gasteiger partial charge in [0.1, 0.15) is 0 Å². The minimum absolute atomic E-state index is 0.0359. The van der Waals surface area contributed by atoms with E-state index in [2.05, 4.69) is 10.4 Å². The summed E-state index contributed by atoms with van der Waals surface area (Å²) < 4.78 is 95.6. The Bertz CT molecular complexity index is 1300. The van der Waals surface area contributed by atoms with Gasteiger partial charge in [-0.2, -0.15) is 22.0 Å². The Hall–Kier alpha value is -2.61. The lowest BCUT2D eigenvalue weighted by atomic mass is 9.95. The molecule has 1 unspecified atom stereocenters. The smallest absolute Gasteiger partial charge is 0.350 e. The van der Waals surface area contributed by atoms with Crippen molar-refractivity contribution in [2.75, 3.05) is 26.2 Å². The molecule has 1 amide bonds. The largest absolute Gasteiger partial charge is 0.453 e. The summed E-state index contributed by atoms with van der Waals surface area (Å²) in [6, 6.07) is 12.0. The molecule has 0 bridgehead atoms. The van der Waals surface area contributed by atoms with Gasteiger partial charge in [-0.15, -0.1) is 0 Å². The highest BCUT2D eigenvalue weighted by molar-refractivity contribution is 7.93. The van der Waals surface area contributed by atoms with Crippen molar-refractivity contribution in [1.82, 2.24) is 10.4 Å². The van der Waals surface area contributed by atoms with Crippen molar-refractivity contribution in [1.29, 1.82) is 0 Å². The molecule has 2 fully saturated rings. The number of ether oxygens (including phenoxy) is 1. The quantitative estimate of drug-likeness (QED) is 0.272. The highest BCUT2D eigenvalue weighted by atomic mass is 32.2. The molecule has 0 aliphatic carbocycles. The summed E-state index contributed by atoms with van der Waals surface area (Å²) >= 11 is 0. The Kier molecular flexibility index (Phi) is 9.96. The fourth-order valence-electron chi connectivity index (χ4n) is 5.22. The third-order valence-electron chi connectivity index (χ3n) is 8.05. The number of nitrogens with one attached hydrogen (secondary N) is 1. The van der Waals surface area contributed by atoms with Crippen molar-refractivity contribution in [2.24, 2.45) is 0 Å². The molecule has 2 aromatic rings. The Morgan fingerprint density at radius 2 is 1.60 bits per heavy atom. The first-order chi connectivity index (χ1) is 19.8. The van der Waals surface area contributed by atoms with Gasteiger partial charge in [-0.25, -0.2) is 18.7 Å². The van der Waals surface area contributed by atoms with Crippen LogP contribution in [0.25, 0.3) is 11.1 Å². The molecule has 2 aliphatic heterocycles. The van der Waals surface area contributed by atoms with Crippen LogP contribution in [-0.2, 0) is 30.6 Å². The number of nitrogens with zero attached hydrogens (tertiary/aromatic N) is 1. The zero-order valence-corrected chi connectivity index (χ0v) is 24.1. The molecule has 0 radical (unpaired) electrons. The van der Waals surface area contributed by atoms with Gasteiger partial charge in [-0.1, -0.05) is 43.3 Å². The SMILES string of the molecule is CCN1CCC(C(=O)NOC2CCCCO2)(S(=O)(=O)c2ccc(-c3ccc(CCC(F)(F)C(F)(F)F)cc3)cc2)CC1.